The van der Waals surface area contributed by atoms with Crippen molar-refractivity contribution in [3.8, 4) is 5.69 Å². The number of carbonyl (C=O) groups excluding carboxylic acids is 2. The van der Waals surface area contributed by atoms with Crippen LogP contribution in [0.5, 0.6) is 0 Å². The Morgan fingerprint density at radius 1 is 1.14 bits per heavy atom. The zero-order valence-corrected chi connectivity index (χ0v) is 17.0. The first-order valence-corrected chi connectivity index (χ1v) is 9.90. The Morgan fingerprint density at radius 3 is 2.54 bits per heavy atom. The Labute approximate surface area is 167 Å². The van der Waals surface area contributed by atoms with E-state index >= 15 is 0 Å². The van der Waals surface area contributed by atoms with Gasteiger partial charge in [-0.15, -0.1) is 11.3 Å². The van der Waals surface area contributed by atoms with Gasteiger partial charge in [0.2, 0.25) is 11.8 Å². The van der Waals surface area contributed by atoms with Crippen molar-refractivity contribution in [1.29, 1.82) is 0 Å². The third-order valence-electron chi connectivity index (χ3n) is 4.25. The molecule has 28 heavy (non-hydrogen) atoms. The van der Waals surface area contributed by atoms with E-state index in [4.69, 9.17) is 0 Å². The quantitative estimate of drug-likeness (QED) is 0.642. The van der Waals surface area contributed by atoms with Crippen molar-refractivity contribution < 1.29 is 9.59 Å². The number of nitrogens with zero attached hydrogens (tertiary/aromatic N) is 3. The number of anilines is 1. The van der Waals surface area contributed by atoms with Crippen LogP contribution in [0.1, 0.15) is 29.1 Å². The SMILES string of the molecule is CNC(=O)Cc1csc(NC(=O)CCc2ccc(-n3nc(C)cc3C)cc2)n1. The first-order valence-electron chi connectivity index (χ1n) is 9.02. The lowest BCUT2D eigenvalue weighted by Gasteiger charge is -2.06. The van der Waals surface area contributed by atoms with E-state index in [1.54, 1.807) is 12.4 Å². The van der Waals surface area contributed by atoms with Crippen LogP contribution in [-0.2, 0) is 22.4 Å². The topological polar surface area (TPSA) is 88.9 Å². The van der Waals surface area contributed by atoms with Crippen molar-refractivity contribution in [1.82, 2.24) is 20.1 Å². The number of aryl methyl sites for hydroxylation is 3. The highest BCUT2D eigenvalue weighted by molar-refractivity contribution is 7.13. The van der Waals surface area contributed by atoms with Crippen LogP contribution in [-0.4, -0.2) is 33.6 Å². The van der Waals surface area contributed by atoms with Gasteiger partial charge < -0.3 is 10.6 Å². The molecule has 0 spiro atoms. The van der Waals surface area contributed by atoms with Crippen LogP contribution in [0, 0.1) is 13.8 Å². The molecule has 3 aromatic rings. The lowest BCUT2D eigenvalue weighted by atomic mass is 10.1. The number of hydrogen-bond acceptors (Lipinski definition) is 5. The molecule has 146 valence electrons. The summed E-state index contributed by atoms with van der Waals surface area (Å²) in [5.41, 5.74) is 4.81. The number of aromatic nitrogens is 3. The number of hydrogen-bond donors (Lipinski definition) is 2. The van der Waals surface area contributed by atoms with Gasteiger partial charge in [-0.2, -0.15) is 5.10 Å². The lowest BCUT2D eigenvalue weighted by molar-refractivity contribution is -0.120. The van der Waals surface area contributed by atoms with Crippen molar-refractivity contribution in [3.05, 3.63) is 58.4 Å². The predicted octanol–water partition coefficient (Wildman–Crippen LogP) is 2.81. The molecule has 2 aromatic heterocycles. The number of likely N-dealkylation sites (N-methyl/N-ethyl adjacent to an activating group) is 1. The molecule has 0 atom stereocenters. The largest absolute Gasteiger partial charge is 0.359 e. The van der Waals surface area contributed by atoms with Gasteiger partial charge in [0.15, 0.2) is 5.13 Å². The highest BCUT2D eigenvalue weighted by Gasteiger charge is 2.10. The van der Waals surface area contributed by atoms with E-state index in [2.05, 4.69) is 20.7 Å². The molecule has 0 bridgehead atoms. The summed E-state index contributed by atoms with van der Waals surface area (Å²) in [6.07, 6.45) is 1.22. The Hall–Kier alpha value is -3.00. The zero-order chi connectivity index (χ0) is 20.1. The maximum Gasteiger partial charge on any atom is 0.226 e. The zero-order valence-electron chi connectivity index (χ0n) is 16.2. The third-order valence-corrected chi connectivity index (χ3v) is 5.06. The van der Waals surface area contributed by atoms with Gasteiger partial charge >= 0.3 is 0 Å². The Morgan fingerprint density at radius 2 is 1.89 bits per heavy atom. The van der Waals surface area contributed by atoms with E-state index in [9.17, 15) is 9.59 Å². The normalized spacial score (nSPS) is 10.7. The minimum Gasteiger partial charge on any atom is -0.359 e. The molecule has 0 saturated heterocycles. The molecular formula is C20H23N5O2S. The molecule has 2 N–H and O–H groups in total. The summed E-state index contributed by atoms with van der Waals surface area (Å²) in [6, 6.07) is 10.1. The fraction of sp³-hybridized carbons (Fsp3) is 0.300. The second kappa shape index (κ2) is 8.79. The summed E-state index contributed by atoms with van der Waals surface area (Å²) in [6.45, 7) is 4.00. The van der Waals surface area contributed by atoms with Gasteiger partial charge in [0.1, 0.15) is 0 Å². The molecule has 0 radical (unpaired) electrons. The number of thiazole rings is 1. The highest BCUT2D eigenvalue weighted by Crippen LogP contribution is 2.17. The molecular weight excluding hydrogens is 374 g/mol. The lowest BCUT2D eigenvalue weighted by Crippen LogP contribution is -2.20. The maximum atomic E-state index is 12.2. The van der Waals surface area contributed by atoms with Crippen LogP contribution < -0.4 is 10.6 Å². The minimum atomic E-state index is -0.105. The predicted molar refractivity (Wildman–Crippen MR) is 110 cm³/mol. The molecule has 7 nitrogen and oxygen atoms in total. The van der Waals surface area contributed by atoms with E-state index in [1.165, 1.54) is 11.3 Å². The van der Waals surface area contributed by atoms with Crippen LogP contribution >= 0.6 is 11.3 Å². The van der Waals surface area contributed by atoms with Crippen molar-refractivity contribution >= 4 is 28.3 Å². The molecule has 0 saturated carbocycles. The smallest absolute Gasteiger partial charge is 0.226 e. The molecule has 0 aliphatic rings. The van der Waals surface area contributed by atoms with Crippen LogP contribution in [0.2, 0.25) is 0 Å². The van der Waals surface area contributed by atoms with Crippen LogP contribution in [0.3, 0.4) is 0 Å². The third kappa shape index (κ3) is 5.04. The van der Waals surface area contributed by atoms with Gasteiger partial charge in [0.05, 0.1) is 23.5 Å². The second-order valence-corrected chi connectivity index (χ2v) is 7.41. The van der Waals surface area contributed by atoms with Gasteiger partial charge in [-0.1, -0.05) is 12.1 Å². The molecule has 3 rings (SSSR count). The van der Waals surface area contributed by atoms with Gasteiger partial charge in [-0.3, -0.25) is 9.59 Å². The highest BCUT2D eigenvalue weighted by atomic mass is 32.1. The molecule has 0 aliphatic heterocycles. The van der Waals surface area contributed by atoms with E-state index < -0.39 is 0 Å². The Kier molecular flexibility index (Phi) is 6.20. The molecule has 0 unspecified atom stereocenters. The average molecular weight is 398 g/mol. The first-order chi connectivity index (χ1) is 13.4. The first kappa shape index (κ1) is 19.8. The second-order valence-electron chi connectivity index (χ2n) is 6.55. The Balaban J connectivity index is 1.52. The van der Waals surface area contributed by atoms with Crippen molar-refractivity contribution in [2.75, 3.05) is 12.4 Å². The summed E-state index contributed by atoms with van der Waals surface area (Å²) in [4.78, 5) is 27.8. The molecule has 8 heteroatoms. The maximum absolute atomic E-state index is 12.2. The van der Waals surface area contributed by atoms with E-state index in [0.29, 0.717) is 23.7 Å². The number of nitrogens with one attached hydrogen (secondary N) is 2. The van der Waals surface area contributed by atoms with Gasteiger partial charge in [-0.05, 0) is 44.0 Å². The van der Waals surface area contributed by atoms with E-state index in [0.717, 1.165) is 22.6 Å². The molecule has 2 amide bonds. The van der Waals surface area contributed by atoms with Crippen molar-refractivity contribution in [2.45, 2.75) is 33.1 Å². The molecule has 0 aliphatic carbocycles. The van der Waals surface area contributed by atoms with Gasteiger partial charge in [0.25, 0.3) is 0 Å². The van der Waals surface area contributed by atoms with Crippen molar-refractivity contribution in [2.24, 2.45) is 0 Å². The minimum absolute atomic E-state index is 0.0940. The van der Waals surface area contributed by atoms with E-state index in [-0.39, 0.29) is 18.2 Å². The van der Waals surface area contributed by atoms with E-state index in [1.807, 2.05) is 48.9 Å². The summed E-state index contributed by atoms with van der Waals surface area (Å²) < 4.78 is 1.91. The van der Waals surface area contributed by atoms with Gasteiger partial charge in [-0.25, -0.2) is 9.67 Å². The van der Waals surface area contributed by atoms with Crippen LogP contribution in [0.4, 0.5) is 5.13 Å². The summed E-state index contributed by atoms with van der Waals surface area (Å²) in [5.74, 6) is -0.199. The molecule has 1 aromatic carbocycles. The van der Waals surface area contributed by atoms with Crippen LogP contribution in [0.15, 0.2) is 35.7 Å². The summed E-state index contributed by atoms with van der Waals surface area (Å²) in [7, 11) is 1.58. The molecule has 0 fully saturated rings. The number of rotatable bonds is 7. The number of benzene rings is 1. The fourth-order valence-electron chi connectivity index (χ4n) is 2.83. The summed E-state index contributed by atoms with van der Waals surface area (Å²) >= 11 is 1.32. The standard InChI is InChI=1S/C20H23N5O2S/c1-13-10-14(2)25(24-13)17-7-4-15(5-8-17)6-9-18(26)23-20-22-16(12-28-20)11-19(27)21-3/h4-5,7-8,10,12H,6,9,11H2,1-3H3,(H,21,27)(H,22,23,26). The Bertz CT molecular complexity index is 975. The number of carbonyl (C=O) groups is 2. The van der Waals surface area contributed by atoms with Crippen LogP contribution in [0.25, 0.3) is 5.69 Å². The monoisotopic (exact) mass is 397 g/mol. The summed E-state index contributed by atoms with van der Waals surface area (Å²) in [5, 5.41) is 12.1. The average Bonchev–Trinajstić information content (AvgIpc) is 3.25. The fourth-order valence-corrected chi connectivity index (χ4v) is 3.56. The number of amides is 2. The molecule has 2 heterocycles. The van der Waals surface area contributed by atoms with Gasteiger partial charge in [0, 0.05) is 24.5 Å². The van der Waals surface area contributed by atoms with Crippen molar-refractivity contribution in [3.63, 3.8) is 0 Å².